The van der Waals surface area contributed by atoms with Gasteiger partial charge in [0.05, 0.1) is 17.6 Å². The van der Waals surface area contributed by atoms with Gasteiger partial charge in [0.2, 0.25) is 0 Å². The molecule has 1 aromatic rings. The molecular formula is C6H5N3S. The first-order chi connectivity index (χ1) is 4.97. The van der Waals surface area contributed by atoms with Crippen molar-refractivity contribution in [1.82, 2.24) is 9.97 Å². The van der Waals surface area contributed by atoms with E-state index in [1.807, 2.05) is 11.5 Å². The Morgan fingerprint density at radius 1 is 1.50 bits per heavy atom. The van der Waals surface area contributed by atoms with Gasteiger partial charge in [0.1, 0.15) is 6.33 Å². The quantitative estimate of drug-likeness (QED) is 0.570. The van der Waals surface area contributed by atoms with E-state index in [4.69, 9.17) is 0 Å². The van der Waals surface area contributed by atoms with E-state index in [-0.39, 0.29) is 0 Å². The summed E-state index contributed by atoms with van der Waals surface area (Å²) in [6.45, 7) is 0. The van der Waals surface area contributed by atoms with Crippen LogP contribution in [0.25, 0.3) is 6.08 Å². The zero-order chi connectivity index (χ0) is 6.81. The highest BCUT2D eigenvalue weighted by atomic mass is 32.2. The van der Waals surface area contributed by atoms with Gasteiger partial charge >= 0.3 is 0 Å². The molecule has 1 aliphatic rings. The maximum absolute atomic E-state index is 4.05. The Morgan fingerprint density at radius 2 is 2.50 bits per heavy atom. The molecule has 0 aliphatic carbocycles. The van der Waals surface area contributed by atoms with Crippen LogP contribution in [0.15, 0.2) is 17.9 Å². The standard InChI is InChI=1S/C6H5N3S/c1-2-10-9-6-3-7-4-8-5(1)6/h1-4,9H. The van der Waals surface area contributed by atoms with Crippen molar-refractivity contribution in [2.75, 3.05) is 4.72 Å². The van der Waals surface area contributed by atoms with E-state index in [0.29, 0.717) is 0 Å². The molecule has 0 atom stereocenters. The maximum Gasteiger partial charge on any atom is 0.116 e. The van der Waals surface area contributed by atoms with Crippen molar-refractivity contribution in [3.05, 3.63) is 23.6 Å². The fourth-order valence-electron chi connectivity index (χ4n) is 0.747. The Morgan fingerprint density at radius 3 is 3.40 bits per heavy atom. The summed E-state index contributed by atoms with van der Waals surface area (Å²) >= 11 is 1.53. The van der Waals surface area contributed by atoms with Crippen LogP contribution in [-0.4, -0.2) is 9.97 Å². The van der Waals surface area contributed by atoms with E-state index < -0.39 is 0 Å². The molecule has 3 nitrogen and oxygen atoms in total. The SMILES string of the molecule is C1=Cc2ncncc2NS1. The molecule has 2 rings (SSSR count). The predicted octanol–water partition coefficient (Wildman–Crippen LogP) is 1.52. The lowest BCUT2D eigenvalue weighted by atomic mass is 10.3. The van der Waals surface area contributed by atoms with Crippen LogP contribution in [0.1, 0.15) is 5.69 Å². The summed E-state index contributed by atoms with van der Waals surface area (Å²) in [5.41, 5.74) is 1.93. The van der Waals surface area contributed by atoms with E-state index in [9.17, 15) is 0 Å². The largest absolute Gasteiger partial charge is 0.323 e. The fraction of sp³-hybridized carbons (Fsp3) is 0. The highest BCUT2D eigenvalue weighted by Crippen LogP contribution is 2.22. The lowest BCUT2D eigenvalue weighted by molar-refractivity contribution is 1.16. The van der Waals surface area contributed by atoms with Crippen molar-refractivity contribution in [1.29, 1.82) is 0 Å². The van der Waals surface area contributed by atoms with E-state index in [2.05, 4.69) is 14.7 Å². The molecule has 1 aromatic heterocycles. The molecule has 0 bridgehead atoms. The van der Waals surface area contributed by atoms with Gasteiger partial charge in [-0.3, -0.25) is 0 Å². The van der Waals surface area contributed by atoms with Gasteiger partial charge in [-0.1, -0.05) is 0 Å². The van der Waals surface area contributed by atoms with E-state index in [1.165, 1.54) is 11.9 Å². The van der Waals surface area contributed by atoms with Gasteiger partial charge < -0.3 is 4.72 Å². The van der Waals surface area contributed by atoms with Crippen molar-refractivity contribution in [3.8, 4) is 0 Å². The lowest BCUT2D eigenvalue weighted by Gasteiger charge is -2.07. The molecule has 10 heavy (non-hydrogen) atoms. The van der Waals surface area contributed by atoms with Crippen molar-refractivity contribution in [3.63, 3.8) is 0 Å². The van der Waals surface area contributed by atoms with Crippen molar-refractivity contribution in [2.24, 2.45) is 0 Å². The van der Waals surface area contributed by atoms with Gasteiger partial charge in [0, 0.05) is 0 Å². The normalized spacial score (nSPS) is 14.0. The van der Waals surface area contributed by atoms with E-state index in [1.54, 1.807) is 12.5 Å². The number of hydrogen-bond donors (Lipinski definition) is 1. The van der Waals surface area contributed by atoms with Crippen molar-refractivity contribution < 1.29 is 0 Å². The summed E-state index contributed by atoms with van der Waals surface area (Å²) < 4.78 is 3.07. The molecular weight excluding hydrogens is 146 g/mol. The molecule has 0 fully saturated rings. The third kappa shape index (κ3) is 0.863. The average molecular weight is 151 g/mol. The predicted molar refractivity (Wildman–Crippen MR) is 42.3 cm³/mol. The number of nitrogens with one attached hydrogen (secondary N) is 1. The van der Waals surface area contributed by atoms with Crippen molar-refractivity contribution in [2.45, 2.75) is 0 Å². The molecule has 0 spiro atoms. The molecule has 1 aliphatic heterocycles. The Balaban J connectivity index is 2.54. The van der Waals surface area contributed by atoms with Crippen LogP contribution in [0.3, 0.4) is 0 Å². The van der Waals surface area contributed by atoms with Gasteiger partial charge in [-0.2, -0.15) is 0 Å². The van der Waals surface area contributed by atoms with Gasteiger partial charge in [0.25, 0.3) is 0 Å². The Bertz CT molecular complexity index is 271. The second-order valence-corrected chi connectivity index (χ2v) is 2.56. The van der Waals surface area contributed by atoms with Crippen LogP contribution in [0.4, 0.5) is 5.69 Å². The highest BCUT2D eigenvalue weighted by Gasteiger charge is 2.02. The first-order valence-electron chi connectivity index (χ1n) is 2.85. The molecule has 0 saturated heterocycles. The van der Waals surface area contributed by atoms with Gasteiger partial charge in [0.15, 0.2) is 0 Å². The molecule has 0 saturated carbocycles. The summed E-state index contributed by atoms with van der Waals surface area (Å²) in [4.78, 5) is 7.92. The number of fused-ring (bicyclic) bond motifs is 1. The van der Waals surface area contributed by atoms with E-state index in [0.717, 1.165) is 11.4 Å². The van der Waals surface area contributed by atoms with Crippen LogP contribution in [0.2, 0.25) is 0 Å². The number of aromatic nitrogens is 2. The molecule has 0 amide bonds. The number of anilines is 1. The number of hydrogen-bond acceptors (Lipinski definition) is 4. The molecule has 2 heterocycles. The lowest BCUT2D eigenvalue weighted by Crippen LogP contribution is -1.95. The first kappa shape index (κ1) is 5.73. The van der Waals surface area contributed by atoms with Gasteiger partial charge in [-0.25, -0.2) is 9.97 Å². The molecule has 1 N–H and O–H groups in total. The summed E-state index contributed by atoms with van der Waals surface area (Å²) in [5, 5.41) is 1.95. The molecule has 4 heteroatoms. The Labute approximate surface area is 62.7 Å². The Hall–Kier alpha value is -1.03. The summed E-state index contributed by atoms with van der Waals surface area (Å²) in [6, 6.07) is 0. The fourth-order valence-corrected chi connectivity index (χ4v) is 1.30. The second-order valence-electron chi connectivity index (χ2n) is 1.84. The smallest absolute Gasteiger partial charge is 0.116 e. The monoisotopic (exact) mass is 151 g/mol. The van der Waals surface area contributed by atoms with Crippen LogP contribution in [0.5, 0.6) is 0 Å². The number of nitrogens with zero attached hydrogens (tertiary/aromatic N) is 2. The van der Waals surface area contributed by atoms with E-state index >= 15 is 0 Å². The van der Waals surface area contributed by atoms with Gasteiger partial charge in [-0.15, -0.1) is 0 Å². The molecule has 50 valence electrons. The minimum atomic E-state index is 0.953. The van der Waals surface area contributed by atoms with Crippen LogP contribution in [-0.2, 0) is 0 Å². The molecule has 0 radical (unpaired) electrons. The van der Waals surface area contributed by atoms with Crippen LogP contribution in [0, 0.1) is 0 Å². The maximum atomic E-state index is 4.05. The third-order valence-electron chi connectivity index (χ3n) is 1.21. The number of rotatable bonds is 0. The van der Waals surface area contributed by atoms with Gasteiger partial charge in [-0.05, 0) is 23.4 Å². The van der Waals surface area contributed by atoms with Crippen LogP contribution >= 0.6 is 11.9 Å². The topological polar surface area (TPSA) is 37.8 Å². The minimum Gasteiger partial charge on any atom is -0.323 e. The van der Waals surface area contributed by atoms with Crippen LogP contribution < -0.4 is 4.72 Å². The summed E-state index contributed by atoms with van der Waals surface area (Å²) in [6.07, 6.45) is 5.26. The minimum absolute atomic E-state index is 0.953. The third-order valence-corrected chi connectivity index (χ3v) is 1.82. The zero-order valence-electron chi connectivity index (χ0n) is 5.11. The highest BCUT2D eigenvalue weighted by molar-refractivity contribution is 8.03. The first-order valence-corrected chi connectivity index (χ1v) is 3.73. The molecule has 0 unspecified atom stereocenters. The van der Waals surface area contributed by atoms with Crippen molar-refractivity contribution >= 4 is 23.7 Å². The second kappa shape index (κ2) is 2.30. The molecule has 0 aromatic carbocycles. The summed E-state index contributed by atoms with van der Waals surface area (Å²) in [5.74, 6) is 0. The average Bonchev–Trinajstić information content (AvgIpc) is 2.05. The Kier molecular flexibility index (Phi) is 1.32. The zero-order valence-corrected chi connectivity index (χ0v) is 5.93. The summed E-state index contributed by atoms with van der Waals surface area (Å²) in [7, 11) is 0.